The van der Waals surface area contributed by atoms with Gasteiger partial charge in [0.2, 0.25) is 0 Å². The molecule has 7 heteroatoms. The second kappa shape index (κ2) is 6.58. The minimum Gasteiger partial charge on any atom is -0.345 e. The van der Waals surface area contributed by atoms with Crippen molar-refractivity contribution in [1.82, 2.24) is 25.5 Å². The third kappa shape index (κ3) is 3.54. The van der Waals surface area contributed by atoms with Gasteiger partial charge in [0, 0.05) is 10.6 Å². The molecule has 0 aliphatic rings. The van der Waals surface area contributed by atoms with Gasteiger partial charge in [-0.15, -0.1) is 5.10 Å². The topological polar surface area (TPSA) is 72.7 Å². The number of aromatic nitrogens is 4. The molecule has 116 valence electrons. The van der Waals surface area contributed by atoms with Crippen LogP contribution in [0.25, 0.3) is 5.69 Å². The molecule has 0 atom stereocenters. The summed E-state index contributed by atoms with van der Waals surface area (Å²) in [6.07, 6.45) is 0. The summed E-state index contributed by atoms with van der Waals surface area (Å²) in [4.78, 5) is 12.1. The van der Waals surface area contributed by atoms with Gasteiger partial charge in [0.05, 0.1) is 12.2 Å². The predicted octanol–water partition coefficient (Wildman–Crippen LogP) is 2.55. The molecule has 0 saturated carbocycles. The zero-order chi connectivity index (χ0) is 16.2. The Hall–Kier alpha value is -2.73. The van der Waals surface area contributed by atoms with Gasteiger partial charge in [-0.2, -0.15) is 4.68 Å². The van der Waals surface area contributed by atoms with Crippen LogP contribution < -0.4 is 5.32 Å². The normalized spacial score (nSPS) is 10.5. The summed E-state index contributed by atoms with van der Waals surface area (Å²) in [5.74, 6) is 0.344. The van der Waals surface area contributed by atoms with E-state index in [2.05, 4.69) is 20.8 Å². The van der Waals surface area contributed by atoms with Crippen LogP contribution in [-0.4, -0.2) is 26.1 Å². The van der Waals surface area contributed by atoms with E-state index in [1.807, 2.05) is 31.2 Å². The molecule has 1 N–H and O–H groups in total. The predicted molar refractivity (Wildman–Crippen MR) is 86.5 cm³/mol. The molecule has 1 heterocycles. The molecule has 0 fully saturated rings. The Kier molecular flexibility index (Phi) is 4.34. The molecular weight excluding hydrogens is 314 g/mol. The molecule has 1 amide bonds. The summed E-state index contributed by atoms with van der Waals surface area (Å²) in [6.45, 7) is 2.24. The number of hydrogen-bond acceptors (Lipinski definition) is 4. The van der Waals surface area contributed by atoms with Gasteiger partial charge >= 0.3 is 0 Å². The van der Waals surface area contributed by atoms with E-state index >= 15 is 0 Å². The summed E-state index contributed by atoms with van der Waals surface area (Å²) in [5.41, 5.74) is 2.53. The molecule has 0 aliphatic heterocycles. The van der Waals surface area contributed by atoms with Crippen molar-refractivity contribution < 1.29 is 4.79 Å². The second-order valence-corrected chi connectivity index (χ2v) is 5.47. The van der Waals surface area contributed by atoms with Crippen LogP contribution in [0.2, 0.25) is 5.02 Å². The Morgan fingerprint density at radius 2 is 1.83 bits per heavy atom. The van der Waals surface area contributed by atoms with Gasteiger partial charge in [0.25, 0.3) is 5.91 Å². The maximum atomic E-state index is 12.1. The molecule has 3 aromatic rings. The molecule has 0 spiro atoms. The van der Waals surface area contributed by atoms with E-state index in [-0.39, 0.29) is 12.5 Å². The first kappa shape index (κ1) is 15.2. The first-order valence-electron chi connectivity index (χ1n) is 7.01. The number of hydrogen-bond donors (Lipinski definition) is 1. The zero-order valence-electron chi connectivity index (χ0n) is 12.4. The second-order valence-electron chi connectivity index (χ2n) is 5.03. The molecule has 6 nitrogen and oxygen atoms in total. The Balaban J connectivity index is 1.72. The highest BCUT2D eigenvalue weighted by Gasteiger charge is 2.11. The van der Waals surface area contributed by atoms with Crippen molar-refractivity contribution in [3.05, 3.63) is 70.5 Å². The lowest BCUT2D eigenvalue weighted by Gasteiger charge is -2.07. The van der Waals surface area contributed by atoms with E-state index in [0.717, 1.165) is 11.3 Å². The van der Waals surface area contributed by atoms with E-state index in [1.54, 1.807) is 28.9 Å². The summed E-state index contributed by atoms with van der Waals surface area (Å²) in [5, 5.41) is 15.0. The Morgan fingerprint density at radius 3 is 2.52 bits per heavy atom. The van der Waals surface area contributed by atoms with Crippen LogP contribution in [0.15, 0.2) is 48.5 Å². The van der Waals surface area contributed by atoms with Gasteiger partial charge in [-0.3, -0.25) is 4.79 Å². The minimum absolute atomic E-state index is 0.208. The average molecular weight is 328 g/mol. The molecule has 0 bridgehead atoms. The maximum absolute atomic E-state index is 12.1. The van der Waals surface area contributed by atoms with Gasteiger partial charge in [-0.25, -0.2) is 0 Å². The van der Waals surface area contributed by atoms with Crippen LogP contribution in [-0.2, 0) is 6.54 Å². The number of carbonyl (C=O) groups is 1. The van der Waals surface area contributed by atoms with E-state index in [4.69, 9.17) is 11.6 Å². The van der Waals surface area contributed by atoms with Gasteiger partial charge in [0.1, 0.15) is 0 Å². The van der Waals surface area contributed by atoms with E-state index in [9.17, 15) is 4.79 Å². The van der Waals surface area contributed by atoms with Gasteiger partial charge in [0.15, 0.2) is 5.82 Å². The third-order valence-electron chi connectivity index (χ3n) is 3.33. The SMILES string of the molecule is Cc1ccc(-n2nnnc2CNC(=O)c2ccc(Cl)cc2)cc1. The summed E-state index contributed by atoms with van der Waals surface area (Å²) < 4.78 is 1.60. The molecular formula is C16H14ClN5O. The average Bonchev–Trinajstić information content (AvgIpc) is 3.02. The number of tetrazole rings is 1. The molecule has 0 unspecified atom stereocenters. The summed E-state index contributed by atoms with van der Waals surface area (Å²) in [7, 11) is 0. The lowest BCUT2D eigenvalue weighted by molar-refractivity contribution is 0.0949. The fourth-order valence-electron chi connectivity index (χ4n) is 2.07. The van der Waals surface area contributed by atoms with Crippen molar-refractivity contribution in [2.75, 3.05) is 0 Å². The van der Waals surface area contributed by atoms with Gasteiger partial charge < -0.3 is 5.32 Å². The summed E-state index contributed by atoms with van der Waals surface area (Å²) >= 11 is 5.81. The van der Waals surface area contributed by atoms with Crippen molar-refractivity contribution in [1.29, 1.82) is 0 Å². The smallest absolute Gasteiger partial charge is 0.251 e. The monoisotopic (exact) mass is 327 g/mol. The van der Waals surface area contributed by atoms with Crippen LogP contribution in [0.5, 0.6) is 0 Å². The number of carbonyl (C=O) groups excluding carboxylic acids is 1. The molecule has 3 rings (SSSR count). The van der Waals surface area contributed by atoms with E-state index in [1.165, 1.54) is 0 Å². The number of nitrogens with zero attached hydrogens (tertiary/aromatic N) is 4. The van der Waals surface area contributed by atoms with Crippen LogP contribution in [0.3, 0.4) is 0 Å². The number of halogens is 1. The lowest BCUT2D eigenvalue weighted by Crippen LogP contribution is -2.24. The number of nitrogens with one attached hydrogen (secondary N) is 1. The highest BCUT2D eigenvalue weighted by atomic mass is 35.5. The Labute approximate surface area is 138 Å². The molecule has 0 aliphatic carbocycles. The van der Waals surface area contributed by atoms with Gasteiger partial charge in [-0.05, 0) is 53.7 Å². The fraction of sp³-hybridized carbons (Fsp3) is 0.125. The van der Waals surface area contributed by atoms with Crippen molar-refractivity contribution >= 4 is 17.5 Å². The number of aryl methyl sites for hydroxylation is 1. The maximum Gasteiger partial charge on any atom is 0.251 e. The van der Waals surface area contributed by atoms with Crippen LogP contribution >= 0.6 is 11.6 Å². The molecule has 1 aromatic heterocycles. The first-order chi connectivity index (χ1) is 11.1. The van der Waals surface area contributed by atoms with Crippen LogP contribution in [0, 0.1) is 6.92 Å². The minimum atomic E-state index is -0.208. The number of benzene rings is 2. The van der Waals surface area contributed by atoms with Crippen molar-refractivity contribution in [2.45, 2.75) is 13.5 Å². The lowest BCUT2D eigenvalue weighted by atomic mass is 10.2. The fourth-order valence-corrected chi connectivity index (χ4v) is 2.19. The third-order valence-corrected chi connectivity index (χ3v) is 3.58. The first-order valence-corrected chi connectivity index (χ1v) is 7.39. The molecule has 23 heavy (non-hydrogen) atoms. The Bertz CT molecular complexity index is 811. The largest absolute Gasteiger partial charge is 0.345 e. The summed E-state index contributed by atoms with van der Waals surface area (Å²) in [6, 6.07) is 14.5. The zero-order valence-corrected chi connectivity index (χ0v) is 13.2. The quantitative estimate of drug-likeness (QED) is 0.799. The molecule has 0 radical (unpaired) electrons. The van der Waals surface area contributed by atoms with Crippen LogP contribution in [0.1, 0.15) is 21.7 Å². The van der Waals surface area contributed by atoms with Crippen molar-refractivity contribution in [2.24, 2.45) is 0 Å². The number of rotatable bonds is 4. The highest BCUT2D eigenvalue weighted by Crippen LogP contribution is 2.11. The van der Waals surface area contributed by atoms with E-state index < -0.39 is 0 Å². The number of amides is 1. The van der Waals surface area contributed by atoms with Gasteiger partial charge in [-0.1, -0.05) is 29.3 Å². The van der Waals surface area contributed by atoms with Crippen molar-refractivity contribution in [3.63, 3.8) is 0 Å². The van der Waals surface area contributed by atoms with Crippen molar-refractivity contribution in [3.8, 4) is 5.69 Å². The van der Waals surface area contributed by atoms with Crippen LogP contribution in [0.4, 0.5) is 0 Å². The molecule has 0 saturated heterocycles. The highest BCUT2D eigenvalue weighted by molar-refractivity contribution is 6.30. The molecule has 2 aromatic carbocycles. The van der Waals surface area contributed by atoms with E-state index in [0.29, 0.717) is 16.4 Å². The standard InChI is InChI=1S/C16H14ClN5O/c1-11-2-8-14(9-3-11)22-15(19-20-21-22)10-18-16(23)12-4-6-13(17)7-5-12/h2-9H,10H2,1H3,(H,18,23). The Morgan fingerprint density at radius 1 is 1.13 bits per heavy atom.